The standard InChI is InChI=1S/C20H21N5O3S2/c1-15-23-16(12-29-15)11-25-14-20(7-10-24(13-20)19-21-8-4-9-22-19)28-17-5-2-3-6-18(17)30(25,26)27/h2-6,8-9,12H,7,10-11,13-14H2,1H3. The number of hydrogen-bond acceptors (Lipinski definition) is 8. The fraction of sp³-hybridized carbons (Fsp3) is 0.350. The lowest BCUT2D eigenvalue weighted by atomic mass is 10.0. The molecule has 0 radical (unpaired) electrons. The molecule has 0 saturated carbocycles. The summed E-state index contributed by atoms with van der Waals surface area (Å²) >= 11 is 1.52. The van der Waals surface area contributed by atoms with E-state index in [4.69, 9.17) is 4.74 Å². The molecule has 1 saturated heterocycles. The number of fused-ring (bicyclic) bond motifs is 1. The lowest BCUT2D eigenvalue weighted by molar-refractivity contribution is 0.0710. The molecule has 30 heavy (non-hydrogen) atoms. The number of aromatic nitrogens is 3. The van der Waals surface area contributed by atoms with Crippen LogP contribution in [-0.2, 0) is 16.6 Å². The smallest absolute Gasteiger partial charge is 0.247 e. The van der Waals surface area contributed by atoms with Crippen LogP contribution < -0.4 is 9.64 Å². The molecular weight excluding hydrogens is 422 g/mol. The van der Waals surface area contributed by atoms with E-state index >= 15 is 0 Å². The van der Waals surface area contributed by atoms with Gasteiger partial charge in [-0.3, -0.25) is 0 Å². The molecule has 156 valence electrons. The van der Waals surface area contributed by atoms with Crippen molar-refractivity contribution in [3.8, 4) is 5.75 Å². The Morgan fingerprint density at radius 2 is 1.97 bits per heavy atom. The average molecular weight is 444 g/mol. The Hall–Kier alpha value is -2.56. The first kappa shape index (κ1) is 19.4. The number of benzene rings is 1. The number of thiazole rings is 1. The van der Waals surface area contributed by atoms with Crippen molar-refractivity contribution in [1.82, 2.24) is 19.3 Å². The first-order chi connectivity index (χ1) is 14.5. The van der Waals surface area contributed by atoms with E-state index in [1.54, 1.807) is 42.7 Å². The van der Waals surface area contributed by atoms with Gasteiger partial charge < -0.3 is 9.64 Å². The molecule has 4 heterocycles. The maximum absolute atomic E-state index is 13.5. The molecule has 2 aliphatic heterocycles. The molecule has 1 aromatic carbocycles. The number of ether oxygens (including phenoxy) is 1. The van der Waals surface area contributed by atoms with Crippen molar-refractivity contribution in [2.24, 2.45) is 0 Å². The SMILES string of the molecule is Cc1nc(CN2CC3(CCN(c4ncccn4)C3)Oc3ccccc3S2(=O)=O)cs1. The van der Waals surface area contributed by atoms with E-state index in [1.165, 1.54) is 15.6 Å². The zero-order valence-electron chi connectivity index (χ0n) is 16.4. The van der Waals surface area contributed by atoms with Gasteiger partial charge in [0.15, 0.2) is 0 Å². The topological polar surface area (TPSA) is 88.5 Å². The zero-order valence-corrected chi connectivity index (χ0v) is 18.1. The van der Waals surface area contributed by atoms with Gasteiger partial charge in [-0.1, -0.05) is 12.1 Å². The van der Waals surface area contributed by atoms with Crippen LogP contribution in [0.3, 0.4) is 0 Å². The van der Waals surface area contributed by atoms with Crippen molar-refractivity contribution in [3.05, 3.63) is 58.8 Å². The minimum absolute atomic E-state index is 0.197. The number of anilines is 1. The highest BCUT2D eigenvalue weighted by Gasteiger charge is 2.48. The number of sulfonamides is 1. The summed E-state index contributed by atoms with van der Waals surface area (Å²) in [5, 5.41) is 2.82. The Labute approximate surface area is 179 Å². The number of nitrogens with zero attached hydrogens (tertiary/aromatic N) is 5. The summed E-state index contributed by atoms with van der Waals surface area (Å²) in [5.74, 6) is 1.02. The van der Waals surface area contributed by atoms with Crippen molar-refractivity contribution >= 4 is 27.3 Å². The molecule has 0 bridgehead atoms. The zero-order chi connectivity index (χ0) is 20.8. The lowest BCUT2D eigenvalue weighted by Gasteiger charge is -2.31. The third-order valence-corrected chi connectivity index (χ3v) is 8.07. The van der Waals surface area contributed by atoms with Crippen LogP contribution in [0.5, 0.6) is 5.75 Å². The molecule has 8 nitrogen and oxygen atoms in total. The Morgan fingerprint density at radius 3 is 2.73 bits per heavy atom. The van der Waals surface area contributed by atoms with Crippen LogP contribution in [0.2, 0.25) is 0 Å². The minimum Gasteiger partial charge on any atom is -0.483 e. The van der Waals surface area contributed by atoms with Crippen molar-refractivity contribution in [1.29, 1.82) is 0 Å². The Balaban J connectivity index is 1.53. The Kier molecular flexibility index (Phi) is 4.72. The van der Waals surface area contributed by atoms with Crippen LogP contribution in [0.4, 0.5) is 5.95 Å². The van der Waals surface area contributed by atoms with Crippen LogP contribution in [0.1, 0.15) is 17.1 Å². The third-order valence-electron chi connectivity index (χ3n) is 5.41. The monoisotopic (exact) mass is 443 g/mol. The Morgan fingerprint density at radius 1 is 1.17 bits per heavy atom. The van der Waals surface area contributed by atoms with E-state index in [0.29, 0.717) is 31.2 Å². The number of aryl methyl sites for hydroxylation is 1. The van der Waals surface area contributed by atoms with Crippen molar-refractivity contribution in [2.75, 3.05) is 24.5 Å². The van der Waals surface area contributed by atoms with E-state index < -0.39 is 15.6 Å². The second-order valence-corrected chi connectivity index (χ2v) is 10.6. The van der Waals surface area contributed by atoms with Gasteiger partial charge in [0.2, 0.25) is 16.0 Å². The van der Waals surface area contributed by atoms with E-state index in [2.05, 4.69) is 15.0 Å². The van der Waals surface area contributed by atoms with Crippen LogP contribution in [0.15, 0.2) is 53.0 Å². The quantitative estimate of drug-likeness (QED) is 0.614. The summed E-state index contributed by atoms with van der Waals surface area (Å²) < 4.78 is 35.0. The Bertz CT molecular complexity index is 1170. The van der Waals surface area contributed by atoms with Gasteiger partial charge in [0.05, 0.1) is 30.3 Å². The van der Waals surface area contributed by atoms with Crippen molar-refractivity contribution < 1.29 is 13.2 Å². The molecule has 0 N–H and O–H groups in total. The molecule has 0 aliphatic carbocycles. The van der Waals surface area contributed by atoms with E-state index in [1.807, 2.05) is 17.2 Å². The largest absolute Gasteiger partial charge is 0.483 e. The first-order valence-corrected chi connectivity index (χ1v) is 12.0. The second-order valence-electron chi connectivity index (χ2n) is 7.58. The van der Waals surface area contributed by atoms with E-state index in [-0.39, 0.29) is 18.0 Å². The normalized spacial score (nSPS) is 23.2. The highest BCUT2D eigenvalue weighted by Crippen LogP contribution is 2.39. The van der Waals surface area contributed by atoms with Gasteiger partial charge in [0, 0.05) is 30.7 Å². The van der Waals surface area contributed by atoms with Gasteiger partial charge in [-0.05, 0) is 25.1 Å². The lowest BCUT2D eigenvalue weighted by Crippen LogP contribution is -2.49. The summed E-state index contributed by atoms with van der Waals surface area (Å²) in [4.78, 5) is 15.4. The molecule has 5 rings (SSSR count). The molecular formula is C20H21N5O3S2. The maximum atomic E-state index is 13.5. The number of para-hydroxylation sites is 1. The fourth-order valence-electron chi connectivity index (χ4n) is 4.04. The van der Waals surface area contributed by atoms with Crippen molar-refractivity contribution in [2.45, 2.75) is 30.4 Å². The predicted molar refractivity (Wildman–Crippen MR) is 113 cm³/mol. The van der Waals surface area contributed by atoms with Gasteiger partial charge in [-0.2, -0.15) is 4.31 Å². The van der Waals surface area contributed by atoms with Crippen LogP contribution in [0.25, 0.3) is 0 Å². The average Bonchev–Trinajstić information content (AvgIpc) is 3.33. The van der Waals surface area contributed by atoms with Crippen LogP contribution in [0, 0.1) is 6.92 Å². The number of rotatable bonds is 3. The van der Waals surface area contributed by atoms with Gasteiger partial charge in [0.25, 0.3) is 0 Å². The van der Waals surface area contributed by atoms with Crippen LogP contribution in [-0.4, -0.2) is 52.9 Å². The molecule has 10 heteroatoms. The molecule has 1 unspecified atom stereocenters. The number of hydrogen-bond donors (Lipinski definition) is 0. The molecule has 2 aromatic heterocycles. The molecule has 0 amide bonds. The molecule has 2 aliphatic rings. The van der Waals surface area contributed by atoms with E-state index in [0.717, 1.165) is 10.7 Å². The van der Waals surface area contributed by atoms with Gasteiger partial charge >= 0.3 is 0 Å². The molecule has 3 aromatic rings. The summed E-state index contributed by atoms with van der Waals surface area (Å²) in [7, 11) is -3.73. The fourth-order valence-corrected chi connectivity index (χ4v) is 6.25. The third kappa shape index (κ3) is 3.44. The summed E-state index contributed by atoms with van der Waals surface area (Å²) in [6.07, 6.45) is 4.08. The summed E-state index contributed by atoms with van der Waals surface area (Å²) in [5.41, 5.74) is 0.0566. The van der Waals surface area contributed by atoms with Crippen LogP contribution >= 0.6 is 11.3 Å². The maximum Gasteiger partial charge on any atom is 0.247 e. The van der Waals surface area contributed by atoms with E-state index in [9.17, 15) is 8.42 Å². The summed E-state index contributed by atoms with van der Waals surface area (Å²) in [6, 6.07) is 8.64. The minimum atomic E-state index is -3.73. The summed E-state index contributed by atoms with van der Waals surface area (Å²) in [6.45, 7) is 3.57. The first-order valence-electron chi connectivity index (χ1n) is 9.66. The van der Waals surface area contributed by atoms with Gasteiger partial charge in [-0.15, -0.1) is 11.3 Å². The molecule has 1 fully saturated rings. The van der Waals surface area contributed by atoms with Gasteiger partial charge in [-0.25, -0.2) is 23.4 Å². The molecule has 1 atom stereocenters. The second kappa shape index (κ2) is 7.29. The predicted octanol–water partition coefficient (Wildman–Crippen LogP) is 2.47. The van der Waals surface area contributed by atoms with Crippen molar-refractivity contribution in [3.63, 3.8) is 0 Å². The highest BCUT2D eigenvalue weighted by molar-refractivity contribution is 7.89. The molecule has 1 spiro atoms. The van der Waals surface area contributed by atoms with Gasteiger partial charge in [0.1, 0.15) is 16.2 Å². The highest BCUT2D eigenvalue weighted by atomic mass is 32.2.